The molecule has 1 amide bonds. The van der Waals surface area contributed by atoms with Gasteiger partial charge >= 0.3 is 0 Å². The van der Waals surface area contributed by atoms with E-state index in [0.29, 0.717) is 12.3 Å². The van der Waals surface area contributed by atoms with Crippen molar-refractivity contribution in [3.8, 4) is 0 Å². The molecule has 0 bridgehead atoms. The average molecular weight is 247 g/mol. The molecule has 1 heterocycles. The largest absolute Gasteiger partial charge is 0.353 e. The number of amides is 1. The Hall–Kier alpha value is -1.65. The summed E-state index contributed by atoms with van der Waals surface area (Å²) >= 11 is 0. The van der Waals surface area contributed by atoms with Crippen molar-refractivity contribution in [1.82, 2.24) is 15.5 Å². The van der Waals surface area contributed by atoms with Gasteiger partial charge in [0.2, 0.25) is 5.91 Å². The van der Waals surface area contributed by atoms with E-state index < -0.39 is 0 Å². The summed E-state index contributed by atoms with van der Waals surface area (Å²) in [6, 6.07) is 1.76. The summed E-state index contributed by atoms with van der Waals surface area (Å²) in [5, 5.41) is 9.57. The lowest BCUT2D eigenvalue weighted by molar-refractivity contribution is -0.122. The summed E-state index contributed by atoms with van der Waals surface area (Å²) < 4.78 is 0. The first-order chi connectivity index (χ1) is 8.70. The number of fused-ring (bicyclic) bond motifs is 1. The maximum absolute atomic E-state index is 11.7. The molecule has 5 heteroatoms. The van der Waals surface area contributed by atoms with Crippen LogP contribution >= 0.6 is 0 Å². The highest BCUT2D eigenvalue weighted by atomic mass is 16.1. The van der Waals surface area contributed by atoms with Gasteiger partial charge in [0.15, 0.2) is 0 Å². The van der Waals surface area contributed by atoms with Gasteiger partial charge in [-0.3, -0.25) is 9.59 Å². The molecule has 0 spiro atoms. The van der Waals surface area contributed by atoms with Crippen LogP contribution in [0.25, 0.3) is 0 Å². The lowest BCUT2D eigenvalue weighted by atomic mass is 9.92. The number of carbonyl (C=O) groups is 1. The molecule has 1 aromatic heterocycles. The minimum Gasteiger partial charge on any atom is -0.353 e. The number of nitrogens with zero attached hydrogens (tertiary/aromatic N) is 1. The zero-order chi connectivity index (χ0) is 12.5. The van der Waals surface area contributed by atoms with Crippen LogP contribution in [-0.4, -0.2) is 22.1 Å². The normalized spacial score (nSPS) is 22.3. The fourth-order valence-corrected chi connectivity index (χ4v) is 2.53. The Morgan fingerprint density at radius 3 is 3.06 bits per heavy atom. The predicted molar refractivity (Wildman–Crippen MR) is 66.2 cm³/mol. The molecule has 3 rings (SSSR count). The topological polar surface area (TPSA) is 74.8 Å². The lowest BCUT2D eigenvalue weighted by Crippen LogP contribution is -2.39. The van der Waals surface area contributed by atoms with Gasteiger partial charge in [0.1, 0.15) is 0 Å². The lowest BCUT2D eigenvalue weighted by Gasteiger charge is -2.24. The average Bonchev–Trinajstić information content (AvgIpc) is 3.12. The molecule has 0 radical (unpaired) electrons. The third kappa shape index (κ3) is 2.60. The number of aryl methyl sites for hydroxylation is 1. The molecular weight excluding hydrogens is 230 g/mol. The molecule has 5 nitrogen and oxygen atoms in total. The van der Waals surface area contributed by atoms with E-state index in [-0.39, 0.29) is 17.5 Å². The Kier molecular flexibility index (Phi) is 2.89. The fraction of sp³-hybridized carbons (Fsp3) is 0.615. The van der Waals surface area contributed by atoms with Crippen LogP contribution in [0.2, 0.25) is 0 Å². The van der Waals surface area contributed by atoms with E-state index >= 15 is 0 Å². The van der Waals surface area contributed by atoms with Crippen LogP contribution in [0.4, 0.5) is 0 Å². The molecule has 96 valence electrons. The highest BCUT2D eigenvalue weighted by molar-refractivity contribution is 5.76. The van der Waals surface area contributed by atoms with Crippen molar-refractivity contribution in [2.24, 2.45) is 5.92 Å². The minimum atomic E-state index is -0.168. The summed E-state index contributed by atoms with van der Waals surface area (Å²) in [6.07, 6.45) is 5.50. The molecule has 0 saturated heterocycles. The molecule has 18 heavy (non-hydrogen) atoms. The van der Waals surface area contributed by atoms with Crippen LogP contribution in [0.15, 0.2) is 10.9 Å². The van der Waals surface area contributed by atoms with Gasteiger partial charge in [-0.15, -0.1) is 0 Å². The van der Waals surface area contributed by atoms with Crippen LogP contribution in [0.1, 0.15) is 36.9 Å². The van der Waals surface area contributed by atoms with Gasteiger partial charge in [0.05, 0.1) is 5.69 Å². The van der Waals surface area contributed by atoms with Crippen molar-refractivity contribution in [2.75, 3.05) is 0 Å². The van der Waals surface area contributed by atoms with Crippen molar-refractivity contribution in [3.63, 3.8) is 0 Å². The van der Waals surface area contributed by atoms with Crippen LogP contribution in [-0.2, 0) is 17.6 Å². The van der Waals surface area contributed by atoms with E-state index in [0.717, 1.165) is 30.5 Å². The number of hydrogen-bond acceptors (Lipinski definition) is 3. The first-order valence-electron chi connectivity index (χ1n) is 6.57. The third-order valence-corrected chi connectivity index (χ3v) is 3.71. The van der Waals surface area contributed by atoms with Crippen molar-refractivity contribution in [1.29, 1.82) is 0 Å². The minimum absolute atomic E-state index is 0.156. The molecule has 1 atom stereocenters. The van der Waals surface area contributed by atoms with Crippen molar-refractivity contribution < 1.29 is 4.79 Å². The second kappa shape index (κ2) is 4.55. The summed E-state index contributed by atoms with van der Waals surface area (Å²) in [6.45, 7) is 0. The molecule has 0 aliphatic heterocycles. The smallest absolute Gasteiger partial charge is 0.264 e. The van der Waals surface area contributed by atoms with Crippen molar-refractivity contribution in [2.45, 2.75) is 44.6 Å². The van der Waals surface area contributed by atoms with Crippen LogP contribution in [0, 0.1) is 5.92 Å². The van der Waals surface area contributed by atoms with Crippen LogP contribution < -0.4 is 10.9 Å². The number of rotatable bonds is 3. The Labute approximate surface area is 105 Å². The summed E-state index contributed by atoms with van der Waals surface area (Å²) in [4.78, 5) is 23.0. The number of carbonyl (C=O) groups excluding carboxylic acids is 1. The summed E-state index contributed by atoms with van der Waals surface area (Å²) in [5.41, 5.74) is 1.77. The SMILES string of the molecule is O=C(CC1CC1)NC1CCc2n[nH]c(=O)cc2C1. The van der Waals surface area contributed by atoms with Gasteiger partial charge in [-0.25, -0.2) is 5.10 Å². The Morgan fingerprint density at radius 2 is 2.28 bits per heavy atom. The Balaban J connectivity index is 1.62. The van der Waals surface area contributed by atoms with Gasteiger partial charge < -0.3 is 5.32 Å². The van der Waals surface area contributed by atoms with Crippen molar-refractivity contribution in [3.05, 3.63) is 27.7 Å². The van der Waals surface area contributed by atoms with E-state index in [1.165, 1.54) is 12.8 Å². The summed E-state index contributed by atoms with van der Waals surface area (Å²) in [7, 11) is 0. The second-order valence-corrected chi connectivity index (χ2v) is 5.36. The molecular formula is C13H17N3O2. The van der Waals surface area contributed by atoms with E-state index in [1.54, 1.807) is 6.07 Å². The zero-order valence-electron chi connectivity index (χ0n) is 10.2. The maximum atomic E-state index is 11.7. The van der Waals surface area contributed by atoms with Gasteiger partial charge in [-0.1, -0.05) is 0 Å². The first-order valence-corrected chi connectivity index (χ1v) is 6.57. The number of hydrogen-bond donors (Lipinski definition) is 2. The molecule has 1 fully saturated rings. The Morgan fingerprint density at radius 1 is 1.44 bits per heavy atom. The standard InChI is InChI=1S/C13H17N3O2/c17-12(5-8-1-2-8)14-10-3-4-11-9(6-10)7-13(18)16-15-11/h7-8,10H,1-6H2,(H,14,17)(H,16,18). The first kappa shape index (κ1) is 11.4. The van der Waals surface area contributed by atoms with Crippen LogP contribution in [0.3, 0.4) is 0 Å². The quantitative estimate of drug-likeness (QED) is 0.818. The Bertz CT molecular complexity index is 519. The highest BCUT2D eigenvalue weighted by Gasteiger charge is 2.27. The molecule has 0 aromatic carbocycles. The number of aromatic amines is 1. The number of nitrogens with one attached hydrogen (secondary N) is 2. The van der Waals surface area contributed by atoms with Gasteiger partial charge in [-0.05, 0) is 43.6 Å². The highest BCUT2D eigenvalue weighted by Crippen LogP contribution is 2.32. The molecule has 2 aliphatic rings. The second-order valence-electron chi connectivity index (χ2n) is 5.36. The number of aromatic nitrogens is 2. The van der Waals surface area contributed by atoms with Crippen molar-refractivity contribution >= 4 is 5.91 Å². The summed E-state index contributed by atoms with van der Waals surface area (Å²) in [5.74, 6) is 0.772. The molecule has 2 N–H and O–H groups in total. The number of H-pyrrole nitrogens is 1. The molecule has 1 saturated carbocycles. The van der Waals surface area contributed by atoms with Gasteiger partial charge in [-0.2, -0.15) is 5.10 Å². The maximum Gasteiger partial charge on any atom is 0.264 e. The van der Waals surface area contributed by atoms with E-state index in [9.17, 15) is 9.59 Å². The van der Waals surface area contributed by atoms with Crippen LogP contribution in [0.5, 0.6) is 0 Å². The molecule has 1 aromatic rings. The van der Waals surface area contributed by atoms with Gasteiger partial charge in [0, 0.05) is 18.5 Å². The van der Waals surface area contributed by atoms with E-state index in [2.05, 4.69) is 15.5 Å². The van der Waals surface area contributed by atoms with E-state index in [1.807, 2.05) is 0 Å². The third-order valence-electron chi connectivity index (χ3n) is 3.71. The van der Waals surface area contributed by atoms with Gasteiger partial charge in [0.25, 0.3) is 5.56 Å². The van der Waals surface area contributed by atoms with E-state index in [4.69, 9.17) is 0 Å². The predicted octanol–water partition coefficient (Wildman–Crippen LogP) is 0.543. The fourth-order valence-electron chi connectivity index (χ4n) is 2.53. The zero-order valence-corrected chi connectivity index (χ0v) is 10.2. The molecule has 2 aliphatic carbocycles. The molecule has 1 unspecified atom stereocenters. The monoisotopic (exact) mass is 247 g/mol.